The molecule has 1 saturated heterocycles. The molecule has 0 spiro atoms. The number of hydrogen-bond acceptors (Lipinski definition) is 4. The minimum absolute atomic E-state index is 0.128. The fourth-order valence-electron chi connectivity index (χ4n) is 2.48. The van der Waals surface area contributed by atoms with Gasteiger partial charge in [-0.15, -0.1) is 11.3 Å². The fraction of sp³-hybridized carbons (Fsp3) is 0.500. The number of nitrogens with one attached hydrogen (secondary N) is 1. The van der Waals surface area contributed by atoms with E-state index in [2.05, 4.69) is 5.32 Å². The first-order valence-electron chi connectivity index (χ1n) is 6.85. The second-order valence-corrected chi connectivity index (χ2v) is 6.09. The lowest BCUT2D eigenvalue weighted by atomic mass is 10.1. The van der Waals surface area contributed by atoms with E-state index in [1.165, 1.54) is 11.3 Å². The van der Waals surface area contributed by atoms with E-state index in [1.54, 1.807) is 24.0 Å². The Morgan fingerprint density at radius 2 is 2.29 bits per heavy atom. The molecule has 2 atom stereocenters. The third-order valence-corrected chi connectivity index (χ3v) is 4.28. The maximum atomic E-state index is 12.3. The number of likely N-dealkylation sites (tertiary alicyclic amines) is 1. The lowest BCUT2D eigenvalue weighted by molar-refractivity contribution is -0.137. The van der Waals surface area contributed by atoms with Crippen LogP contribution in [-0.2, 0) is 9.59 Å². The fourth-order valence-corrected chi connectivity index (χ4v) is 3.16. The molecular formula is C14H18N2O4S. The Bertz CT molecular complexity index is 529. The van der Waals surface area contributed by atoms with Gasteiger partial charge in [0.2, 0.25) is 5.91 Å². The van der Waals surface area contributed by atoms with Crippen LogP contribution in [-0.4, -0.2) is 46.4 Å². The number of aliphatic carboxylic acids is 1. The highest BCUT2D eigenvalue weighted by Gasteiger charge is 2.35. The Kier molecular flexibility index (Phi) is 4.95. The van der Waals surface area contributed by atoms with E-state index in [-0.39, 0.29) is 18.2 Å². The van der Waals surface area contributed by atoms with Gasteiger partial charge >= 0.3 is 5.97 Å². The van der Waals surface area contributed by atoms with Crippen molar-refractivity contribution in [3.05, 3.63) is 22.4 Å². The van der Waals surface area contributed by atoms with E-state index in [0.29, 0.717) is 17.8 Å². The number of carboxylic acid groups (broad SMARTS) is 1. The summed E-state index contributed by atoms with van der Waals surface area (Å²) in [6.07, 6.45) is 1.27. The van der Waals surface area contributed by atoms with Crippen molar-refractivity contribution in [1.82, 2.24) is 10.2 Å². The smallest absolute Gasteiger partial charge is 0.305 e. The molecule has 114 valence electrons. The third kappa shape index (κ3) is 3.81. The van der Waals surface area contributed by atoms with Gasteiger partial charge < -0.3 is 15.3 Å². The zero-order chi connectivity index (χ0) is 15.4. The van der Waals surface area contributed by atoms with Gasteiger partial charge in [0.05, 0.1) is 11.3 Å². The van der Waals surface area contributed by atoms with Crippen LogP contribution in [0.2, 0.25) is 0 Å². The lowest BCUT2D eigenvalue weighted by Crippen LogP contribution is -2.48. The first-order valence-corrected chi connectivity index (χ1v) is 7.73. The van der Waals surface area contributed by atoms with Crippen LogP contribution >= 0.6 is 11.3 Å². The Hall–Kier alpha value is -1.89. The monoisotopic (exact) mass is 310 g/mol. The second-order valence-electron chi connectivity index (χ2n) is 5.14. The number of carbonyl (C=O) groups is 3. The largest absolute Gasteiger partial charge is 0.481 e. The first-order chi connectivity index (χ1) is 9.99. The average Bonchev–Trinajstić information content (AvgIpc) is 3.08. The summed E-state index contributed by atoms with van der Waals surface area (Å²) in [5, 5.41) is 13.2. The Morgan fingerprint density at radius 3 is 2.90 bits per heavy atom. The van der Waals surface area contributed by atoms with Crippen LogP contribution in [0.3, 0.4) is 0 Å². The van der Waals surface area contributed by atoms with E-state index >= 15 is 0 Å². The summed E-state index contributed by atoms with van der Waals surface area (Å²) in [6, 6.07) is 2.59. The van der Waals surface area contributed by atoms with Gasteiger partial charge in [0, 0.05) is 12.6 Å². The van der Waals surface area contributed by atoms with Gasteiger partial charge in [-0.05, 0) is 31.2 Å². The highest BCUT2D eigenvalue weighted by Crippen LogP contribution is 2.22. The third-order valence-electron chi connectivity index (χ3n) is 3.42. The van der Waals surface area contributed by atoms with Gasteiger partial charge in [0.25, 0.3) is 5.91 Å². The van der Waals surface area contributed by atoms with Crippen LogP contribution in [0.15, 0.2) is 17.5 Å². The van der Waals surface area contributed by atoms with Crippen LogP contribution in [0, 0.1) is 0 Å². The summed E-state index contributed by atoms with van der Waals surface area (Å²) >= 11 is 1.35. The lowest BCUT2D eigenvalue weighted by Gasteiger charge is -2.24. The van der Waals surface area contributed by atoms with E-state index in [9.17, 15) is 14.4 Å². The van der Waals surface area contributed by atoms with Crippen molar-refractivity contribution >= 4 is 29.1 Å². The number of carbonyl (C=O) groups excluding carboxylic acids is 2. The summed E-state index contributed by atoms with van der Waals surface area (Å²) in [5.74, 6) is -1.36. The van der Waals surface area contributed by atoms with Gasteiger partial charge in [0.15, 0.2) is 0 Å². The van der Waals surface area contributed by atoms with Crippen LogP contribution in [0.1, 0.15) is 35.9 Å². The maximum Gasteiger partial charge on any atom is 0.305 e. The van der Waals surface area contributed by atoms with Gasteiger partial charge in [-0.3, -0.25) is 14.4 Å². The van der Waals surface area contributed by atoms with Crippen LogP contribution in [0.4, 0.5) is 0 Å². The highest BCUT2D eigenvalue weighted by atomic mass is 32.1. The Labute approximate surface area is 126 Å². The van der Waals surface area contributed by atoms with Crippen molar-refractivity contribution in [3.63, 3.8) is 0 Å². The van der Waals surface area contributed by atoms with E-state index in [0.717, 1.165) is 6.42 Å². The Morgan fingerprint density at radius 1 is 1.52 bits per heavy atom. The predicted molar refractivity (Wildman–Crippen MR) is 78.2 cm³/mol. The SMILES string of the molecule is CC(CC(=O)O)NC(=O)C1CCCN1C(=O)c1cccs1. The molecule has 2 heterocycles. The summed E-state index contributed by atoms with van der Waals surface area (Å²) in [4.78, 5) is 37.4. The van der Waals surface area contributed by atoms with Crippen molar-refractivity contribution in [2.24, 2.45) is 0 Å². The van der Waals surface area contributed by atoms with Crippen molar-refractivity contribution in [2.45, 2.75) is 38.3 Å². The van der Waals surface area contributed by atoms with Gasteiger partial charge in [-0.1, -0.05) is 6.07 Å². The number of thiophene rings is 1. The molecule has 2 amide bonds. The number of carboxylic acids is 1. The van der Waals surface area contributed by atoms with E-state index in [4.69, 9.17) is 5.11 Å². The molecule has 6 nitrogen and oxygen atoms in total. The minimum Gasteiger partial charge on any atom is -0.481 e. The summed E-state index contributed by atoms with van der Waals surface area (Å²) in [7, 11) is 0. The summed E-state index contributed by atoms with van der Waals surface area (Å²) < 4.78 is 0. The second kappa shape index (κ2) is 6.71. The van der Waals surface area contributed by atoms with Gasteiger partial charge in [-0.25, -0.2) is 0 Å². The molecule has 0 aliphatic carbocycles. The molecule has 1 fully saturated rings. The predicted octanol–water partition coefficient (Wildman–Crippen LogP) is 1.33. The summed E-state index contributed by atoms with van der Waals surface area (Å²) in [5.41, 5.74) is 0. The van der Waals surface area contributed by atoms with Crippen molar-refractivity contribution in [3.8, 4) is 0 Å². The van der Waals surface area contributed by atoms with Crippen LogP contribution in [0.5, 0.6) is 0 Å². The zero-order valence-corrected chi connectivity index (χ0v) is 12.6. The molecule has 2 unspecified atom stereocenters. The van der Waals surface area contributed by atoms with Crippen molar-refractivity contribution in [1.29, 1.82) is 0 Å². The number of amides is 2. The summed E-state index contributed by atoms with van der Waals surface area (Å²) in [6.45, 7) is 2.20. The molecule has 0 saturated carbocycles. The van der Waals surface area contributed by atoms with Crippen molar-refractivity contribution in [2.75, 3.05) is 6.54 Å². The molecule has 1 aliphatic heterocycles. The molecule has 2 rings (SSSR count). The molecule has 21 heavy (non-hydrogen) atoms. The molecular weight excluding hydrogens is 292 g/mol. The number of hydrogen-bond donors (Lipinski definition) is 2. The molecule has 2 N–H and O–H groups in total. The number of nitrogens with zero attached hydrogens (tertiary/aromatic N) is 1. The molecule has 1 aromatic heterocycles. The van der Waals surface area contributed by atoms with Crippen LogP contribution in [0.25, 0.3) is 0 Å². The highest BCUT2D eigenvalue weighted by molar-refractivity contribution is 7.12. The maximum absolute atomic E-state index is 12.3. The molecule has 1 aromatic rings. The molecule has 1 aliphatic rings. The quantitative estimate of drug-likeness (QED) is 0.859. The standard InChI is InChI=1S/C14H18N2O4S/c1-9(8-12(17)18)15-13(19)10-4-2-6-16(10)14(20)11-5-3-7-21-11/h3,5,7,9-10H,2,4,6,8H2,1H3,(H,15,19)(H,17,18). The van der Waals surface area contributed by atoms with Gasteiger partial charge in [-0.2, -0.15) is 0 Å². The molecule has 0 aromatic carbocycles. The molecule has 7 heteroatoms. The molecule has 0 bridgehead atoms. The average molecular weight is 310 g/mol. The van der Waals surface area contributed by atoms with Gasteiger partial charge in [0.1, 0.15) is 6.04 Å². The topological polar surface area (TPSA) is 86.7 Å². The first kappa shape index (κ1) is 15.5. The molecule has 0 radical (unpaired) electrons. The van der Waals surface area contributed by atoms with Crippen molar-refractivity contribution < 1.29 is 19.5 Å². The Balaban J connectivity index is 1.99. The van der Waals surface area contributed by atoms with E-state index in [1.807, 2.05) is 5.38 Å². The minimum atomic E-state index is -0.958. The zero-order valence-electron chi connectivity index (χ0n) is 11.7. The normalized spacial score (nSPS) is 19.3. The van der Waals surface area contributed by atoms with Crippen LogP contribution < -0.4 is 5.32 Å². The van der Waals surface area contributed by atoms with E-state index < -0.39 is 18.1 Å². The number of rotatable bonds is 5.